The van der Waals surface area contributed by atoms with Gasteiger partial charge in [0.05, 0.1) is 0 Å². The van der Waals surface area contributed by atoms with E-state index >= 15 is 0 Å². The lowest BCUT2D eigenvalue weighted by atomic mass is 9.75. The summed E-state index contributed by atoms with van der Waals surface area (Å²) in [6, 6.07) is 11.1. The smallest absolute Gasteiger partial charge is 0.198 e. The number of piperidine rings is 1. The summed E-state index contributed by atoms with van der Waals surface area (Å²) < 4.78 is 12.2. The van der Waals surface area contributed by atoms with Crippen LogP contribution in [0.5, 0.6) is 0 Å². The maximum absolute atomic E-state index is 6.08. The minimum Gasteiger partial charge on any atom is -0.349 e. The fraction of sp³-hybridized carbons (Fsp3) is 0.700. The molecule has 0 amide bonds. The minimum absolute atomic E-state index is 0. The topological polar surface area (TPSA) is 21.7 Å². The van der Waals surface area contributed by atoms with Crippen molar-refractivity contribution in [2.45, 2.75) is 56.8 Å². The summed E-state index contributed by atoms with van der Waals surface area (Å²) in [5.74, 6) is -0.226. The molecule has 1 saturated carbocycles. The Morgan fingerprint density at radius 3 is 2.12 bits per heavy atom. The molecular formula is C20H32ClNO2. The van der Waals surface area contributed by atoms with E-state index in [2.05, 4.69) is 35.2 Å². The van der Waals surface area contributed by atoms with Crippen molar-refractivity contribution in [2.75, 3.05) is 27.3 Å². The van der Waals surface area contributed by atoms with E-state index < -0.39 is 5.79 Å². The van der Waals surface area contributed by atoms with Gasteiger partial charge in [0.1, 0.15) is 0 Å². The zero-order valence-corrected chi connectivity index (χ0v) is 15.9. The number of nitrogens with zero attached hydrogens (tertiary/aromatic N) is 1. The molecule has 24 heavy (non-hydrogen) atoms. The van der Waals surface area contributed by atoms with E-state index in [0.29, 0.717) is 12.0 Å². The molecule has 2 atom stereocenters. The zero-order valence-electron chi connectivity index (χ0n) is 15.1. The molecule has 1 aliphatic carbocycles. The van der Waals surface area contributed by atoms with E-state index in [4.69, 9.17) is 9.47 Å². The highest BCUT2D eigenvalue weighted by Gasteiger charge is 2.47. The molecule has 2 fully saturated rings. The third-order valence-corrected chi connectivity index (χ3v) is 5.86. The van der Waals surface area contributed by atoms with Crippen molar-refractivity contribution in [2.24, 2.45) is 5.92 Å². The van der Waals surface area contributed by atoms with Gasteiger partial charge in [0.15, 0.2) is 5.79 Å². The Morgan fingerprint density at radius 2 is 1.50 bits per heavy atom. The van der Waals surface area contributed by atoms with Crippen molar-refractivity contribution in [3.63, 3.8) is 0 Å². The highest BCUT2D eigenvalue weighted by atomic mass is 35.5. The SMILES string of the molecule is COC(OC)(c1ccccc1)C1CCCCC1N1CCCCC1.Cl. The van der Waals surface area contributed by atoms with Crippen molar-refractivity contribution in [3.05, 3.63) is 35.9 Å². The number of ether oxygens (including phenoxy) is 2. The van der Waals surface area contributed by atoms with E-state index in [1.807, 2.05) is 0 Å². The molecule has 1 aliphatic heterocycles. The first-order chi connectivity index (χ1) is 11.3. The van der Waals surface area contributed by atoms with Crippen molar-refractivity contribution in [1.82, 2.24) is 4.90 Å². The van der Waals surface area contributed by atoms with E-state index in [1.165, 1.54) is 58.0 Å². The lowest BCUT2D eigenvalue weighted by molar-refractivity contribution is -0.266. The molecule has 2 unspecified atom stereocenters. The second-order valence-corrected chi connectivity index (χ2v) is 7.00. The molecule has 0 radical (unpaired) electrons. The molecule has 2 aliphatic rings. The molecule has 3 rings (SSSR count). The maximum atomic E-state index is 6.08. The second kappa shape index (κ2) is 9.19. The fourth-order valence-electron chi connectivity index (χ4n) is 4.75. The lowest BCUT2D eigenvalue weighted by Gasteiger charge is -2.49. The highest BCUT2D eigenvalue weighted by molar-refractivity contribution is 5.85. The van der Waals surface area contributed by atoms with Gasteiger partial charge >= 0.3 is 0 Å². The van der Waals surface area contributed by atoms with Gasteiger partial charge in [-0.2, -0.15) is 0 Å². The Balaban J connectivity index is 0.00000208. The largest absolute Gasteiger partial charge is 0.349 e. The standard InChI is InChI=1S/C20H31NO2.ClH/c1-22-20(23-2,17-11-5-3-6-12-17)18-13-7-8-14-19(18)21-15-9-4-10-16-21;/h3,5-6,11-12,18-19H,4,7-10,13-16H2,1-2H3;1H. The van der Waals surface area contributed by atoms with Crippen LogP contribution >= 0.6 is 12.4 Å². The third kappa shape index (κ3) is 3.80. The normalized spacial score (nSPS) is 25.9. The fourth-order valence-corrected chi connectivity index (χ4v) is 4.75. The summed E-state index contributed by atoms with van der Waals surface area (Å²) >= 11 is 0. The number of halogens is 1. The van der Waals surface area contributed by atoms with Gasteiger partial charge in [0.2, 0.25) is 0 Å². The van der Waals surface area contributed by atoms with Gasteiger partial charge in [-0.25, -0.2) is 0 Å². The summed E-state index contributed by atoms with van der Waals surface area (Å²) in [5, 5.41) is 0. The predicted octanol–water partition coefficient (Wildman–Crippen LogP) is 4.60. The molecule has 0 N–H and O–H groups in total. The number of methoxy groups -OCH3 is 2. The van der Waals surface area contributed by atoms with Crippen LogP contribution in [0.4, 0.5) is 0 Å². The monoisotopic (exact) mass is 353 g/mol. The Kier molecular flexibility index (Phi) is 7.55. The molecule has 1 saturated heterocycles. The van der Waals surface area contributed by atoms with Crippen LogP contribution in [0.15, 0.2) is 30.3 Å². The Labute approximate surface area is 153 Å². The number of hydrogen-bond donors (Lipinski definition) is 0. The summed E-state index contributed by atoms with van der Waals surface area (Å²) in [6.07, 6.45) is 9.10. The van der Waals surface area contributed by atoms with Gasteiger partial charge in [0.25, 0.3) is 0 Å². The number of hydrogen-bond acceptors (Lipinski definition) is 3. The Hall–Kier alpha value is -0.610. The van der Waals surface area contributed by atoms with E-state index in [1.54, 1.807) is 14.2 Å². The van der Waals surface area contributed by atoms with E-state index in [9.17, 15) is 0 Å². The summed E-state index contributed by atoms with van der Waals surface area (Å²) in [4.78, 5) is 2.71. The van der Waals surface area contributed by atoms with Crippen LogP contribution in [0, 0.1) is 5.92 Å². The van der Waals surface area contributed by atoms with Crippen LogP contribution in [0.1, 0.15) is 50.5 Å². The maximum Gasteiger partial charge on any atom is 0.198 e. The molecule has 3 nitrogen and oxygen atoms in total. The molecule has 4 heteroatoms. The van der Waals surface area contributed by atoms with E-state index in [-0.39, 0.29) is 12.4 Å². The van der Waals surface area contributed by atoms with Crippen LogP contribution in [0.3, 0.4) is 0 Å². The highest BCUT2D eigenvalue weighted by Crippen LogP contribution is 2.44. The molecule has 0 aromatic heterocycles. The van der Waals surface area contributed by atoms with Gasteiger partial charge in [-0.1, -0.05) is 49.6 Å². The van der Waals surface area contributed by atoms with Crippen LogP contribution in [0.2, 0.25) is 0 Å². The lowest BCUT2D eigenvalue weighted by Crippen LogP contribution is -2.54. The van der Waals surface area contributed by atoms with E-state index in [0.717, 1.165) is 5.56 Å². The zero-order chi connectivity index (χ0) is 16.1. The molecule has 1 heterocycles. The number of likely N-dealkylation sites (tertiary alicyclic amines) is 1. The van der Waals surface area contributed by atoms with Crippen molar-refractivity contribution in [3.8, 4) is 0 Å². The van der Waals surface area contributed by atoms with Crippen LogP contribution in [-0.4, -0.2) is 38.3 Å². The Bertz CT molecular complexity index is 472. The summed E-state index contributed by atoms with van der Waals surface area (Å²) in [7, 11) is 3.61. The summed E-state index contributed by atoms with van der Waals surface area (Å²) in [5.41, 5.74) is 1.15. The van der Waals surface area contributed by atoms with Gasteiger partial charge in [0, 0.05) is 31.7 Å². The van der Waals surface area contributed by atoms with Crippen LogP contribution < -0.4 is 0 Å². The van der Waals surface area contributed by atoms with Gasteiger partial charge < -0.3 is 9.47 Å². The van der Waals surface area contributed by atoms with Crippen molar-refractivity contribution >= 4 is 12.4 Å². The van der Waals surface area contributed by atoms with Gasteiger partial charge in [-0.3, -0.25) is 4.90 Å². The number of benzene rings is 1. The molecule has 0 bridgehead atoms. The van der Waals surface area contributed by atoms with Crippen LogP contribution in [0.25, 0.3) is 0 Å². The molecule has 136 valence electrons. The van der Waals surface area contributed by atoms with Crippen molar-refractivity contribution in [1.29, 1.82) is 0 Å². The van der Waals surface area contributed by atoms with Gasteiger partial charge in [-0.15, -0.1) is 12.4 Å². The number of rotatable bonds is 5. The first-order valence-corrected chi connectivity index (χ1v) is 9.21. The molecule has 1 aromatic rings. The average molecular weight is 354 g/mol. The Morgan fingerprint density at radius 1 is 0.875 bits per heavy atom. The first kappa shape index (κ1) is 19.7. The van der Waals surface area contributed by atoms with Crippen molar-refractivity contribution < 1.29 is 9.47 Å². The average Bonchev–Trinajstić information content (AvgIpc) is 2.65. The first-order valence-electron chi connectivity index (χ1n) is 9.21. The summed E-state index contributed by atoms with van der Waals surface area (Å²) in [6.45, 7) is 2.47. The van der Waals surface area contributed by atoms with Gasteiger partial charge in [-0.05, 0) is 38.8 Å². The third-order valence-electron chi connectivity index (χ3n) is 5.86. The molecule has 1 aromatic carbocycles. The van der Waals surface area contributed by atoms with Crippen LogP contribution in [-0.2, 0) is 15.3 Å². The predicted molar refractivity (Wildman–Crippen MR) is 101 cm³/mol. The second-order valence-electron chi connectivity index (χ2n) is 7.00. The quantitative estimate of drug-likeness (QED) is 0.722. The minimum atomic E-state index is -0.621. The molecule has 0 spiro atoms. The molecular weight excluding hydrogens is 322 g/mol.